The van der Waals surface area contributed by atoms with Crippen molar-refractivity contribution in [3.8, 4) is 0 Å². The Bertz CT molecular complexity index is 612. The molecule has 0 amide bonds. The van der Waals surface area contributed by atoms with Crippen LogP contribution < -0.4 is 5.73 Å². The van der Waals surface area contributed by atoms with Crippen LogP contribution in [0.2, 0.25) is 0 Å². The van der Waals surface area contributed by atoms with E-state index in [-0.39, 0.29) is 0 Å². The average Bonchev–Trinajstić information content (AvgIpc) is 2.88. The van der Waals surface area contributed by atoms with E-state index in [2.05, 4.69) is 21.5 Å². The summed E-state index contributed by atoms with van der Waals surface area (Å²) >= 11 is 1.73. The van der Waals surface area contributed by atoms with Gasteiger partial charge in [-0.3, -0.25) is 0 Å². The van der Waals surface area contributed by atoms with Gasteiger partial charge in [0.1, 0.15) is 0 Å². The Labute approximate surface area is 96.4 Å². The van der Waals surface area contributed by atoms with Gasteiger partial charge in [0, 0.05) is 11.3 Å². The van der Waals surface area contributed by atoms with Crippen molar-refractivity contribution >= 4 is 22.7 Å². The summed E-state index contributed by atoms with van der Waals surface area (Å²) in [4.78, 5) is 5.76. The van der Waals surface area contributed by atoms with Gasteiger partial charge < -0.3 is 5.73 Å². The van der Waals surface area contributed by atoms with Crippen LogP contribution in [-0.2, 0) is 6.42 Å². The summed E-state index contributed by atoms with van der Waals surface area (Å²) in [5.41, 5.74) is 8.21. The number of hydrogen-bond donors (Lipinski definition) is 1. The lowest BCUT2D eigenvalue weighted by Gasteiger charge is -1.93. The molecule has 80 valence electrons. The van der Waals surface area contributed by atoms with Gasteiger partial charge in [-0.25, -0.2) is 9.50 Å². The smallest absolute Gasteiger partial charge is 0.177 e. The highest BCUT2D eigenvalue weighted by molar-refractivity contribution is 7.09. The standard InChI is InChI=1S/C11H10N4S/c12-10-3-4-13-15-7-8(14-11(10)15)6-9-2-1-5-16-9/h1-5,7H,6,12H2. The molecule has 0 bridgehead atoms. The number of anilines is 1. The van der Waals surface area contributed by atoms with Crippen LogP contribution >= 0.6 is 11.3 Å². The normalized spacial score (nSPS) is 11.0. The molecule has 0 radical (unpaired) electrons. The van der Waals surface area contributed by atoms with E-state index in [9.17, 15) is 0 Å². The second-order valence-electron chi connectivity index (χ2n) is 3.54. The summed E-state index contributed by atoms with van der Waals surface area (Å²) in [6.45, 7) is 0. The van der Waals surface area contributed by atoms with E-state index in [4.69, 9.17) is 5.73 Å². The molecular formula is C11H10N4S. The van der Waals surface area contributed by atoms with Gasteiger partial charge in [0.2, 0.25) is 0 Å². The molecule has 3 rings (SSSR count). The minimum Gasteiger partial charge on any atom is -0.396 e. The highest BCUT2D eigenvalue weighted by atomic mass is 32.1. The van der Waals surface area contributed by atoms with Gasteiger partial charge in [-0.1, -0.05) is 6.07 Å². The molecule has 2 N–H and O–H groups in total. The zero-order valence-electron chi connectivity index (χ0n) is 8.50. The molecule has 0 atom stereocenters. The van der Waals surface area contributed by atoms with Crippen LogP contribution in [0.25, 0.3) is 5.65 Å². The van der Waals surface area contributed by atoms with Gasteiger partial charge in [-0.2, -0.15) is 5.10 Å². The molecule has 0 aliphatic carbocycles. The molecule has 0 saturated carbocycles. The lowest BCUT2D eigenvalue weighted by molar-refractivity contribution is 0.935. The van der Waals surface area contributed by atoms with Gasteiger partial charge in [0.25, 0.3) is 0 Å². The molecule has 0 fully saturated rings. The first kappa shape index (κ1) is 9.35. The Balaban J connectivity index is 2.02. The van der Waals surface area contributed by atoms with Crippen molar-refractivity contribution in [2.75, 3.05) is 5.73 Å². The van der Waals surface area contributed by atoms with Gasteiger partial charge >= 0.3 is 0 Å². The maximum atomic E-state index is 5.82. The topological polar surface area (TPSA) is 56.2 Å². The fraction of sp³-hybridized carbons (Fsp3) is 0.0909. The second-order valence-corrected chi connectivity index (χ2v) is 4.58. The van der Waals surface area contributed by atoms with E-state index < -0.39 is 0 Å². The molecule has 5 heteroatoms. The van der Waals surface area contributed by atoms with Crippen LogP contribution in [0.3, 0.4) is 0 Å². The molecular weight excluding hydrogens is 220 g/mol. The third-order valence-electron chi connectivity index (χ3n) is 2.38. The Morgan fingerprint density at radius 2 is 2.31 bits per heavy atom. The Kier molecular flexibility index (Phi) is 2.11. The molecule has 0 saturated heterocycles. The Morgan fingerprint density at radius 1 is 1.38 bits per heavy atom. The van der Waals surface area contributed by atoms with Crippen molar-refractivity contribution in [2.45, 2.75) is 6.42 Å². The highest BCUT2D eigenvalue weighted by Crippen LogP contribution is 2.16. The number of thiophene rings is 1. The number of nitrogens with two attached hydrogens (primary N) is 1. The molecule has 3 aromatic heterocycles. The predicted molar refractivity (Wildman–Crippen MR) is 64.5 cm³/mol. The van der Waals surface area contributed by atoms with Crippen molar-refractivity contribution in [2.24, 2.45) is 0 Å². The Hall–Kier alpha value is -1.88. The number of rotatable bonds is 2. The number of aromatic nitrogens is 3. The molecule has 16 heavy (non-hydrogen) atoms. The van der Waals surface area contributed by atoms with Crippen LogP contribution in [0.4, 0.5) is 5.69 Å². The third kappa shape index (κ3) is 1.55. The maximum Gasteiger partial charge on any atom is 0.177 e. The van der Waals surface area contributed by atoms with Gasteiger partial charge in [-0.05, 0) is 17.5 Å². The SMILES string of the molecule is Nc1ccnn2cc(Cc3cccs3)nc12. The van der Waals surface area contributed by atoms with E-state index >= 15 is 0 Å². The van der Waals surface area contributed by atoms with Crippen molar-refractivity contribution in [3.05, 3.63) is 46.5 Å². The van der Waals surface area contributed by atoms with E-state index in [1.807, 2.05) is 12.3 Å². The maximum absolute atomic E-state index is 5.82. The Morgan fingerprint density at radius 3 is 3.06 bits per heavy atom. The molecule has 0 unspecified atom stereocenters. The van der Waals surface area contributed by atoms with E-state index in [1.165, 1.54) is 4.88 Å². The van der Waals surface area contributed by atoms with Gasteiger partial charge in [0.15, 0.2) is 5.65 Å². The summed E-state index contributed by atoms with van der Waals surface area (Å²) in [6, 6.07) is 5.91. The van der Waals surface area contributed by atoms with E-state index in [0.717, 1.165) is 17.8 Å². The zero-order valence-corrected chi connectivity index (χ0v) is 9.31. The average molecular weight is 230 g/mol. The minimum absolute atomic E-state index is 0.660. The van der Waals surface area contributed by atoms with Crippen LogP contribution in [0, 0.1) is 0 Å². The van der Waals surface area contributed by atoms with Gasteiger partial charge in [0.05, 0.1) is 23.8 Å². The van der Waals surface area contributed by atoms with Crippen LogP contribution in [0.1, 0.15) is 10.6 Å². The lowest BCUT2D eigenvalue weighted by Crippen LogP contribution is -1.94. The quantitative estimate of drug-likeness (QED) is 0.732. The number of nitrogens with zero attached hydrogens (tertiary/aromatic N) is 3. The second kappa shape index (κ2) is 3.61. The zero-order chi connectivity index (χ0) is 11.0. The van der Waals surface area contributed by atoms with Crippen molar-refractivity contribution in [3.63, 3.8) is 0 Å². The van der Waals surface area contributed by atoms with Crippen molar-refractivity contribution < 1.29 is 0 Å². The first-order chi connectivity index (χ1) is 7.83. The first-order valence-electron chi connectivity index (χ1n) is 4.94. The van der Waals surface area contributed by atoms with Crippen molar-refractivity contribution in [1.29, 1.82) is 0 Å². The molecule has 3 heterocycles. The number of fused-ring (bicyclic) bond motifs is 1. The summed E-state index contributed by atoms with van der Waals surface area (Å²) in [5, 5.41) is 6.24. The molecule has 4 nitrogen and oxygen atoms in total. The first-order valence-corrected chi connectivity index (χ1v) is 5.82. The van der Waals surface area contributed by atoms with Crippen LogP contribution in [0.15, 0.2) is 36.0 Å². The van der Waals surface area contributed by atoms with E-state index in [1.54, 1.807) is 28.1 Å². The number of imidazole rings is 1. The van der Waals surface area contributed by atoms with Crippen LogP contribution in [0.5, 0.6) is 0 Å². The summed E-state index contributed by atoms with van der Waals surface area (Å²) < 4.78 is 1.72. The van der Waals surface area contributed by atoms with Crippen LogP contribution in [-0.4, -0.2) is 14.6 Å². The highest BCUT2D eigenvalue weighted by Gasteiger charge is 2.06. The largest absolute Gasteiger partial charge is 0.396 e. The molecule has 0 spiro atoms. The molecule has 0 aromatic carbocycles. The predicted octanol–water partition coefficient (Wildman–Crippen LogP) is 1.96. The number of hydrogen-bond acceptors (Lipinski definition) is 4. The molecule has 0 aliphatic rings. The summed E-state index contributed by atoms with van der Waals surface area (Å²) in [5.74, 6) is 0. The summed E-state index contributed by atoms with van der Waals surface area (Å²) in [6.07, 6.45) is 4.44. The third-order valence-corrected chi connectivity index (χ3v) is 3.25. The number of nitrogen functional groups attached to an aromatic ring is 1. The van der Waals surface area contributed by atoms with E-state index in [0.29, 0.717) is 5.69 Å². The van der Waals surface area contributed by atoms with Gasteiger partial charge in [-0.15, -0.1) is 11.3 Å². The molecule has 0 aliphatic heterocycles. The minimum atomic E-state index is 0.660. The summed E-state index contributed by atoms with van der Waals surface area (Å²) in [7, 11) is 0. The monoisotopic (exact) mass is 230 g/mol. The fourth-order valence-corrected chi connectivity index (χ4v) is 2.36. The van der Waals surface area contributed by atoms with Crippen molar-refractivity contribution in [1.82, 2.24) is 14.6 Å². The molecule has 3 aromatic rings. The lowest BCUT2D eigenvalue weighted by atomic mass is 10.3. The fourth-order valence-electron chi connectivity index (χ4n) is 1.64.